The molecule has 0 aliphatic rings. The van der Waals surface area contributed by atoms with Gasteiger partial charge in [0.25, 0.3) is 0 Å². The van der Waals surface area contributed by atoms with Crippen LogP contribution in [-0.2, 0) is 16.0 Å². The molecular formula is C21H25NO4. The molecule has 2 rings (SSSR count). The number of ether oxygens (including phenoxy) is 1. The van der Waals surface area contributed by atoms with E-state index in [1.165, 1.54) is 0 Å². The van der Waals surface area contributed by atoms with Gasteiger partial charge in [-0.3, -0.25) is 0 Å². The predicted molar refractivity (Wildman–Crippen MR) is 101 cm³/mol. The van der Waals surface area contributed by atoms with E-state index in [2.05, 4.69) is 5.32 Å². The SMILES string of the molecule is Cc1cc(-c2ccccc2)ccc1C[C@H](NC(=O)OC(C)(C)C)C(=O)O. The molecule has 0 saturated carbocycles. The lowest BCUT2D eigenvalue weighted by Gasteiger charge is -2.22. The summed E-state index contributed by atoms with van der Waals surface area (Å²) in [6, 6.07) is 14.8. The number of rotatable bonds is 5. The average molecular weight is 355 g/mol. The molecular weight excluding hydrogens is 330 g/mol. The molecule has 0 spiro atoms. The number of hydrogen-bond acceptors (Lipinski definition) is 3. The Hall–Kier alpha value is -2.82. The van der Waals surface area contributed by atoms with Crippen LogP contribution in [0.1, 0.15) is 31.9 Å². The zero-order chi connectivity index (χ0) is 19.3. The number of aryl methyl sites for hydroxylation is 1. The highest BCUT2D eigenvalue weighted by Gasteiger charge is 2.24. The highest BCUT2D eigenvalue weighted by molar-refractivity contribution is 5.80. The van der Waals surface area contributed by atoms with Gasteiger partial charge in [0.15, 0.2) is 0 Å². The summed E-state index contributed by atoms with van der Waals surface area (Å²) < 4.78 is 5.15. The molecule has 5 nitrogen and oxygen atoms in total. The van der Waals surface area contributed by atoms with Gasteiger partial charge in [-0.25, -0.2) is 9.59 Å². The molecule has 1 amide bonds. The first-order chi connectivity index (χ1) is 12.2. The molecule has 2 aromatic carbocycles. The van der Waals surface area contributed by atoms with Crippen LogP contribution in [0.15, 0.2) is 48.5 Å². The molecule has 5 heteroatoms. The van der Waals surface area contributed by atoms with Crippen molar-refractivity contribution in [3.05, 3.63) is 59.7 Å². The molecule has 138 valence electrons. The molecule has 0 aromatic heterocycles. The lowest BCUT2D eigenvalue weighted by atomic mass is 9.96. The molecule has 0 radical (unpaired) electrons. The van der Waals surface area contributed by atoms with E-state index in [0.29, 0.717) is 0 Å². The smallest absolute Gasteiger partial charge is 0.408 e. The summed E-state index contributed by atoms with van der Waals surface area (Å²) in [5.41, 5.74) is 3.33. The highest BCUT2D eigenvalue weighted by Crippen LogP contribution is 2.23. The van der Waals surface area contributed by atoms with Crippen LogP contribution in [0.5, 0.6) is 0 Å². The van der Waals surface area contributed by atoms with Crippen molar-refractivity contribution >= 4 is 12.1 Å². The summed E-state index contributed by atoms with van der Waals surface area (Å²) in [5.74, 6) is -1.10. The maximum atomic E-state index is 11.9. The van der Waals surface area contributed by atoms with Gasteiger partial charge < -0.3 is 15.2 Å². The fourth-order valence-electron chi connectivity index (χ4n) is 2.60. The van der Waals surface area contributed by atoms with Crippen LogP contribution >= 0.6 is 0 Å². The standard InChI is InChI=1S/C21H25NO4/c1-14-12-17(15-8-6-5-7-9-15)11-10-16(14)13-18(19(23)24)22-20(25)26-21(2,3)4/h5-12,18H,13H2,1-4H3,(H,22,25)(H,23,24)/t18-/m0/s1. The first kappa shape index (κ1) is 19.5. The molecule has 2 aromatic rings. The van der Waals surface area contributed by atoms with Crippen LogP contribution in [0.3, 0.4) is 0 Å². The quantitative estimate of drug-likeness (QED) is 0.843. The minimum atomic E-state index is -1.10. The van der Waals surface area contributed by atoms with E-state index < -0.39 is 23.7 Å². The van der Waals surface area contributed by atoms with Crippen molar-refractivity contribution in [2.24, 2.45) is 0 Å². The van der Waals surface area contributed by atoms with Gasteiger partial charge >= 0.3 is 12.1 Å². The Bertz CT molecular complexity index is 778. The average Bonchev–Trinajstić information content (AvgIpc) is 2.54. The van der Waals surface area contributed by atoms with Crippen molar-refractivity contribution < 1.29 is 19.4 Å². The molecule has 0 unspecified atom stereocenters. The number of carboxylic acids is 1. The van der Waals surface area contributed by atoms with Crippen molar-refractivity contribution in [3.8, 4) is 11.1 Å². The Morgan fingerprint density at radius 2 is 1.73 bits per heavy atom. The fourth-order valence-corrected chi connectivity index (χ4v) is 2.60. The van der Waals surface area contributed by atoms with Gasteiger partial charge in [-0.1, -0.05) is 48.5 Å². The zero-order valence-electron chi connectivity index (χ0n) is 15.6. The molecule has 0 aliphatic heterocycles. The number of aliphatic carboxylic acids is 1. The second-order valence-corrected chi connectivity index (χ2v) is 7.25. The summed E-state index contributed by atoms with van der Waals surface area (Å²) in [7, 11) is 0. The van der Waals surface area contributed by atoms with E-state index >= 15 is 0 Å². The van der Waals surface area contributed by atoms with Crippen molar-refractivity contribution in [2.75, 3.05) is 0 Å². The van der Waals surface area contributed by atoms with Crippen molar-refractivity contribution in [1.82, 2.24) is 5.32 Å². The molecule has 26 heavy (non-hydrogen) atoms. The molecule has 1 atom stereocenters. The Morgan fingerprint density at radius 3 is 2.27 bits per heavy atom. The van der Waals surface area contributed by atoms with Gasteiger partial charge in [0, 0.05) is 6.42 Å². The normalized spacial score (nSPS) is 12.3. The molecule has 0 heterocycles. The molecule has 0 fully saturated rings. The number of benzene rings is 2. The highest BCUT2D eigenvalue weighted by atomic mass is 16.6. The minimum Gasteiger partial charge on any atom is -0.480 e. The van der Waals surface area contributed by atoms with Crippen LogP contribution in [-0.4, -0.2) is 28.8 Å². The minimum absolute atomic E-state index is 0.190. The topological polar surface area (TPSA) is 75.6 Å². The second-order valence-electron chi connectivity index (χ2n) is 7.25. The second kappa shape index (κ2) is 8.04. The molecule has 0 bridgehead atoms. The third kappa shape index (κ3) is 5.62. The van der Waals surface area contributed by atoms with Gasteiger partial charge in [-0.15, -0.1) is 0 Å². The van der Waals surface area contributed by atoms with Crippen LogP contribution in [0.2, 0.25) is 0 Å². The Labute approximate surface area is 154 Å². The van der Waals surface area contributed by atoms with E-state index in [-0.39, 0.29) is 6.42 Å². The zero-order valence-corrected chi connectivity index (χ0v) is 15.6. The van der Waals surface area contributed by atoms with Gasteiger partial charge in [0.05, 0.1) is 0 Å². The molecule has 0 saturated heterocycles. The van der Waals surface area contributed by atoms with Gasteiger partial charge in [0.2, 0.25) is 0 Å². The summed E-state index contributed by atoms with van der Waals surface area (Å²) in [4.78, 5) is 23.4. The Morgan fingerprint density at radius 1 is 1.08 bits per heavy atom. The number of carbonyl (C=O) groups excluding carboxylic acids is 1. The van der Waals surface area contributed by atoms with Gasteiger partial charge in [0.1, 0.15) is 11.6 Å². The van der Waals surface area contributed by atoms with Crippen LogP contribution < -0.4 is 5.32 Å². The Balaban J connectivity index is 2.14. The predicted octanol–water partition coefficient (Wildman–Crippen LogP) is 4.18. The van der Waals surface area contributed by atoms with Crippen LogP contribution in [0.25, 0.3) is 11.1 Å². The van der Waals surface area contributed by atoms with E-state index in [4.69, 9.17) is 4.74 Å². The Kier molecular flexibility index (Phi) is 6.03. The number of alkyl carbamates (subject to hydrolysis) is 1. The lowest BCUT2D eigenvalue weighted by molar-refractivity contribution is -0.139. The van der Waals surface area contributed by atoms with E-state index in [0.717, 1.165) is 22.3 Å². The largest absolute Gasteiger partial charge is 0.480 e. The molecule has 2 N–H and O–H groups in total. The first-order valence-electron chi connectivity index (χ1n) is 8.53. The number of carbonyl (C=O) groups is 2. The lowest BCUT2D eigenvalue weighted by Crippen LogP contribution is -2.44. The monoisotopic (exact) mass is 355 g/mol. The summed E-state index contributed by atoms with van der Waals surface area (Å²) in [6.07, 6.45) is -0.543. The van der Waals surface area contributed by atoms with E-state index in [1.54, 1.807) is 20.8 Å². The fraction of sp³-hybridized carbons (Fsp3) is 0.333. The summed E-state index contributed by atoms with van der Waals surface area (Å²) >= 11 is 0. The number of amides is 1. The van der Waals surface area contributed by atoms with E-state index in [9.17, 15) is 14.7 Å². The third-order valence-electron chi connectivity index (χ3n) is 3.86. The van der Waals surface area contributed by atoms with Crippen molar-refractivity contribution in [2.45, 2.75) is 45.8 Å². The number of nitrogens with one attached hydrogen (secondary N) is 1. The van der Waals surface area contributed by atoms with Crippen molar-refractivity contribution in [1.29, 1.82) is 0 Å². The maximum Gasteiger partial charge on any atom is 0.408 e. The first-order valence-corrected chi connectivity index (χ1v) is 8.53. The van der Waals surface area contributed by atoms with Crippen LogP contribution in [0, 0.1) is 6.92 Å². The summed E-state index contributed by atoms with van der Waals surface area (Å²) in [6.45, 7) is 7.13. The number of carboxylic acid groups (broad SMARTS) is 1. The van der Waals surface area contributed by atoms with Gasteiger partial charge in [-0.05, 0) is 49.9 Å². The van der Waals surface area contributed by atoms with E-state index in [1.807, 2.05) is 55.5 Å². The van der Waals surface area contributed by atoms with Crippen molar-refractivity contribution in [3.63, 3.8) is 0 Å². The maximum absolute atomic E-state index is 11.9. The van der Waals surface area contributed by atoms with Gasteiger partial charge in [-0.2, -0.15) is 0 Å². The summed E-state index contributed by atoms with van der Waals surface area (Å²) in [5, 5.41) is 11.9. The molecule has 0 aliphatic carbocycles. The third-order valence-corrected chi connectivity index (χ3v) is 3.86. The number of hydrogen-bond donors (Lipinski definition) is 2. The van der Waals surface area contributed by atoms with Crippen LogP contribution in [0.4, 0.5) is 4.79 Å².